The summed E-state index contributed by atoms with van der Waals surface area (Å²) in [5, 5.41) is 0. The van der Waals surface area contributed by atoms with Crippen molar-refractivity contribution >= 4 is 6.29 Å². The molecule has 88 valence electrons. The van der Waals surface area contributed by atoms with Crippen LogP contribution in [0, 0.1) is 28.1 Å². The molecule has 2 saturated carbocycles. The topological polar surface area (TPSA) is 17.1 Å². The molecule has 0 aromatic carbocycles. The van der Waals surface area contributed by atoms with Crippen molar-refractivity contribution in [2.24, 2.45) is 28.1 Å². The normalized spacial score (nSPS) is 52.7. The van der Waals surface area contributed by atoms with E-state index in [2.05, 4.69) is 32.9 Å². The van der Waals surface area contributed by atoms with Crippen LogP contribution in [0.3, 0.4) is 0 Å². The van der Waals surface area contributed by atoms with E-state index in [1.165, 1.54) is 25.5 Å². The highest BCUT2D eigenvalue weighted by molar-refractivity contribution is 5.66. The summed E-state index contributed by atoms with van der Waals surface area (Å²) in [6.45, 7) is 7.04. The highest BCUT2D eigenvalue weighted by atomic mass is 16.1. The zero-order chi connectivity index (χ0) is 11.6. The average molecular weight is 218 g/mol. The molecule has 1 spiro atoms. The van der Waals surface area contributed by atoms with Crippen molar-refractivity contribution in [2.75, 3.05) is 0 Å². The lowest BCUT2D eigenvalue weighted by Crippen LogP contribution is -2.56. The van der Waals surface area contributed by atoms with Gasteiger partial charge in [0.1, 0.15) is 6.29 Å². The van der Waals surface area contributed by atoms with E-state index in [9.17, 15) is 4.79 Å². The van der Waals surface area contributed by atoms with Crippen molar-refractivity contribution in [3.05, 3.63) is 12.2 Å². The zero-order valence-electron chi connectivity index (χ0n) is 10.6. The van der Waals surface area contributed by atoms with Crippen LogP contribution in [0.15, 0.2) is 12.2 Å². The molecule has 0 N–H and O–H groups in total. The molecule has 0 aromatic heterocycles. The molecule has 0 radical (unpaired) electrons. The highest BCUT2D eigenvalue weighted by Gasteiger charge is 2.64. The van der Waals surface area contributed by atoms with Gasteiger partial charge in [-0.15, -0.1) is 0 Å². The van der Waals surface area contributed by atoms with Crippen molar-refractivity contribution in [1.29, 1.82) is 0 Å². The minimum atomic E-state index is -0.163. The molecule has 2 bridgehead atoms. The number of allylic oxidation sites excluding steroid dienone is 2. The maximum atomic E-state index is 11.6. The van der Waals surface area contributed by atoms with Crippen molar-refractivity contribution in [2.45, 2.75) is 46.5 Å². The third-order valence-corrected chi connectivity index (χ3v) is 6.40. The molecular formula is C15H22O. The van der Waals surface area contributed by atoms with Gasteiger partial charge in [0.2, 0.25) is 0 Å². The minimum Gasteiger partial charge on any atom is -0.302 e. The van der Waals surface area contributed by atoms with E-state index in [1.807, 2.05) is 0 Å². The third-order valence-electron chi connectivity index (χ3n) is 6.40. The number of fused-ring (bicyclic) bond motifs is 1. The van der Waals surface area contributed by atoms with Gasteiger partial charge in [0.15, 0.2) is 0 Å². The zero-order valence-corrected chi connectivity index (χ0v) is 10.6. The Kier molecular flexibility index (Phi) is 1.85. The standard InChI is InChI=1S/C15H22O/c1-11-4-5-12-13(2,3)14(10-16)6-8-15(11,12)9-7-14/h6,8,10-12H,4-5,7,9H2,1-3H3/t11-,12+,14+,15-/m1/s1. The molecule has 4 aliphatic carbocycles. The molecule has 0 aliphatic heterocycles. The lowest BCUT2D eigenvalue weighted by molar-refractivity contribution is -0.134. The smallest absolute Gasteiger partial charge is 0.130 e. The molecule has 4 atom stereocenters. The maximum Gasteiger partial charge on any atom is 0.130 e. The van der Waals surface area contributed by atoms with Crippen LogP contribution in [0.4, 0.5) is 0 Å². The number of hydrogen-bond donors (Lipinski definition) is 0. The molecule has 4 rings (SSSR count). The van der Waals surface area contributed by atoms with E-state index in [0.717, 1.165) is 18.3 Å². The summed E-state index contributed by atoms with van der Waals surface area (Å²) >= 11 is 0. The average Bonchev–Trinajstić information content (AvgIpc) is 2.59. The Bertz CT molecular complexity index is 368. The van der Waals surface area contributed by atoms with E-state index in [1.54, 1.807) is 0 Å². The number of carbonyl (C=O) groups excluding carboxylic acids is 1. The van der Waals surface area contributed by atoms with E-state index < -0.39 is 0 Å². The first-order chi connectivity index (χ1) is 7.48. The summed E-state index contributed by atoms with van der Waals surface area (Å²) in [6.07, 6.45) is 10.9. The predicted octanol–water partition coefficient (Wildman–Crippen LogP) is 3.59. The Morgan fingerprint density at radius 1 is 1.19 bits per heavy atom. The first-order valence-corrected chi connectivity index (χ1v) is 6.65. The Morgan fingerprint density at radius 2 is 1.94 bits per heavy atom. The summed E-state index contributed by atoms with van der Waals surface area (Å²) in [4.78, 5) is 11.6. The van der Waals surface area contributed by atoms with Gasteiger partial charge in [0.25, 0.3) is 0 Å². The van der Waals surface area contributed by atoms with E-state index in [-0.39, 0.29) is 10.8 Å². The quantitative estimate of drug-likeness (QED) is 0.485. The lowest BCUT2D eigenvalue weighted by Gasteiger charge is -2.61. The number of rotatable bonds is 1. The second-order valence-corrected chi connectivity index (χ2v) is 6.86. The SMILES string of the molecule is C[C@@H]1CC[C@H]2C(C)(C)[C@@]3(C=O)C=C[C@@]12CC3. The van der Waals surface area contributed by atoms with Crippen LogP contribution in [0.5, 0.6) is 0 Å². The van der Waals surface area contributed by atoms with Gasteiger partial charge in [-0.3, -0.25) is 0 Å². The molecule has 0 unspecified atom stereocenters. The molecule has 1 heteroatoms. The van der Waals surface area contributed by atoms with E-state index >= 15 is 0 Å². The van der Waals surface area contributed by atoms with Crippen LogP contribution < -0.4 is 0 Å². The molecule has 0 saturated heterocycles. The second-order valence-electron chi connectivity index (χ2n) is 6.86. The summed E-state index contributed by atoms with van der Waals surface area (Å²) in [5.41, 5.74) is 0.421. The van der Waals surface area contributed by atoms with Gasteiger partial charge >= 0.3 is 0 Å². The van der Waals surface area contributed by atoms with Gasteiger partial charge in [0, 0.05) is 5.41 Å². The number of aldehydes is 1. The molecule has 0 aromatic rings. The summed E-state index contributed by atoms with van der Waals surface area (Å²) in [5.74, 6) is 1.52. The molecule has 0 amide bonds. The second kappa shape index (κ2) is 2.80. The lowest BCUT2D eigenvalue weighted by atomic mass is 9.42. The molecule has 0 heterocycles. The third kappa shape index (κ3) is 0.881. The van der Waals surface area contributed by atoms with Gasteiger partial charge in [-0.25, -0.2) is 0 Å². The predicted molar refractivity (Wildman–Crippen MR) is 65.0 cm³/mol. The van der Waals surface area contributed by atoms with Crippen LogP contribution in [0.2, 0.25) is 0 Å². The Labute approximate surface area is 98.3 Å². The fourth-order valence-corrected chi connectivity index (χ4v) is 5.04. The first-order valence-electron chi connectivity index (χ1n) is 6.65. The molecular weight excluding hydrogens is 196 g/mol. The molecule has 1 nitrogen and oxygen atoms in total. The van der Waals surface area contributed by atoms with Crippen LogP contribution >= 0.6 is 0 Å². The molecule has 16 heavy (non-hydrogen) atoms. The minimum absolute atomic E-state index is 0.159. The summed E-state index contributed by atoms with van der Waals surface area (Å²) in [7, 11) is 0. The van der Waals surface area contributed by atoms with Gasteiger partial charge in [-0.05, 0) is 48.3 Å². The monoisotopic (exact) mass is 218 g/mol. The van der Waals surface area contributed by atoms with Crippen LogP contribution in [-0.2, 0) is 4.79 Å². The van der Waals surface area contributed by atoms with Crippen LogP contribution in [-0.4, -0.2) is 6.29 Å². The van der Waals surface area contributed by atoms with Crippen LogP contribution in [0.25, 0.3) is 0 Å². The van der Waals surface area contributed by atoms with Gasteiger partial charge < -0.3 is 4.79 Å². The largest absolute Gasteiger partial charge is 0.302 e. The first kappa shape index (κ1) is 10.6. The Balaban J connectivity index is 2.18. The highest BCUT2D eigenvalue weighted by Crippen LogP contribution is 2.70. The van der Waals surface area contributed by atoms with Crippen LogP contribution in [0.1, 0.15) is 46.5 Å². The Hall–Kier alpha value is -0.590. The fourth-order valence-electron chi connectivity index (χ4n) is 5.04. The van der Waals surface area contributed by atoms with Crippen molar-refractivity contribution in [3.8, 4) is 0 Å². The maximum absolute atomic E-state index is 11.6. The van der Waals surface area contributed by atoms with Crippen molar-refractivity contribution in [1.82, 2.24) is 0 Å². The van der Waals surface area contributed by atoms with E-state index in [4.69, 9.17) is 0 Å². The van der Waals surface area contributed by atoms with E-state index in [0.29, 0.717) is 5.41 Å². The summed E-state index contributed by atoms with van der Waals surface area (Å²) in [6, 6.07) is 0. The van der Waals surface area contributed by atoms with Gasteiger partial charge in [0.05, 0.1) is 0 Å². The number of hydrogen-bond acceptors (Lipinski definition) is 1. The Morgan fingerprint density at radius 3 is 2.50 bits per heavy atom. The fraction of sp³-hybridized carbons (Fsp3) is 0.800. The van der Waals surface area contributed by atoms with Crippen molar-refractivity contribution < 1.29 is 4.79 Å². The van der Waals surface area contributed by atoms with Crippen molar-refractivity contribution in [3.63, 3.8) is 0 Å². The summed E-state index contributed by atoms with van der Waals surface area (Å²) < 4.78 is 0. The van der Waals surface area contributed by atoms with Gasteiger partial charge in [-0.1, -0.05) is 32.9 Å². The van der Waals surface area contributed by atoms with Gasteiger partial charge in [-0.2, -0.15) is 0 Å². The molecule has 2 fully saturated rings. The molecule has 4 aliphatic rings. The number of carbonyl (C=O) groups is 1.